The van der Waals surface area contributed by atoms with Crippen LogP contribution < -0.4 is 4.74 Å². The van der Waals surface area contributed by atoms with Gasteiger partial charge in [0.05, 0.1) is 19.3 Å². The van der Waals surface area contributed by atoms with E-state index in [0.29, 0.717) is 12.0 Å². The zero-order valence-corrected chi connectivity index (χ0v) is 22.1. The Morgan fingerprint density at radius 1 is 1.25 bits per heavy atom. The predicted octanol–water partition coefficient (Wildman–Crippen LogP) is 6.77. The van der Waals surface area contributed by atoms with Gasteiger partial charge in [-0.1, -0.05) is 45.4 Å². The number of methoxy groups -OCH3 is 1. The molecule has 4 rings (SSSR count). The molecule has 0 aliphatic heterocycles. The number of benzene rings is 1. The summed E-state index contributed by atoms with van der Waals surface area (Å²) in [5.41, 5.74) is 5.76. The zero-order chi connectivity index (χ0) is 23.5. The second-order valence-electron chi connectivity index (χ2n) is 12.0. The zero-order valence-electron chi connectivity index (χ0n) is 21.1. The van der Waals surface area contributed by atoms with Crippen LogP contribution >= 0.6 is 0 Å². The van der Waals surface area contributed by atoms with Crippen molar-refractivity contribution in [2.24, 2.45) is 17.3 Å². The van der Waals surface area contributed by atoms with Crippen LogP contribution in [0.15, 0.2) is 36.4 Å². The summed E-state index contributed by atoms with van der Waals surface area (Å²) in [6.07, 6.45) is 6.84. The lowest BCUT2D eigenvalue weighted by Crippen LogP contribution is -2.49. The highest BCUT2D eigenvalue weighted by Crippen LogP contribution is 2.61. The summed E-state index contributed by atoms with van der Waals surface area (Å²) in [6.45, 7) is 18.2. The second kappa shape index (κ2) is 8.14. The maximum absolute atomic E-state index is 11.0. The third kappa shape index (κ3) is 3.72. The van der Waals surface area contributed by atoms with Crippen LogP contribution in [0.2, 0.25) is 18.1 Å². The first kappa shape index (κ1) is 23.8. The van der Waals surface area contributed by atoms with E-state index in [2.05, 4.69) is 65.6 Å². The van der Waals surface area contributed by atoms with Gasteiger partial charge in [0, 0.05) is 5.92 Å². The van der Waals surface area contributed by atoms with Gasteiger partial charge in [-0.05, 0) is 90.4 Å². The van der Waals surface area contributed by atoms with Crippen LogP contribution in [-0.4, -0.2) is 32.7 Å². The molecule has 4 heteroatoms. The Labute approximate surface area is 196 Å². The van der Waals surface area contributed by atoms with Crippen molar-refractivity contribution >= 4 is 13.9 Å². The number of allylic oxidation sites excluding steroid dienone is 1. The molecule has 0 spiro atoms. The minimum absolute atomic E-state index is 0.0957. The molecule has 1 aromatic carbocycles. The van der Waals surface area contributed by atoms with E-state index in [1.54, 1.807) is 13.2 Å². The SMILES string of the molecule is C=CC(O)[C@@H]1Cc2cc(OC)ccc2C2=C1[C@@H]1CC[C@H](O[Si](C)(C)C(C)(C)C)[C@@]1(C)CC2. The van der Waals surface area contributed by atoms with Crippen molar-refractivity contribution in [2.45, 2.75) is 90.1 Å². The van der Waals surface area contributed by atoms with Crippen molar-refractivity contribution < 1.29 is 14.3 Å². The Morgan fingerprint density at radius 3 is 2.59 bits per heavy atom. The van der Waals surface area contributed by atoms with Gasteiger partial charge in [-0.15, -0.1) is 6.58 Å². The summed E-state index contributed by atoms with van der Waals surface area (Å²) in [7, 11) is -0.126. The van der Waals surface area contributed by atoms with Gasteiger partial charge in [-0.3, -0.25) is 0 Å². The smallest absolute Gasteiger partial charge is 0.192 e. The van der Waals surface area contributed by atoms with Crippen LogP contribution in [0, 0.1) is 17.3 Å². The molecule has 0 bridgehead atoms. The Balaban J connectivity index is 1.75. The van der Waals surface area contributed by atoms with Gasteiger partial charge in [0.1, 0.15) is 5.75 Å². The lowest BCUT2D eigenvalue weighted by atomic mass is 9.59. The van der Waals surface area contributed by atoms with Crippen LogP contribution in [0.1, 0.15) is 64.5 Å². The maximum Gasteiger partial charge on any atom is 0.192 e. The molecule has 5 atom stereocenters. The van der Waals surface area contributed by atoms with Crippen molar-refractivity contribution in [1.29, 1.82) is 0 Å². The molecule has 32 heavy (non-hydrogen) atoms. The van der Waals surface area contributed by atoms with Gasteiger partial charge < -0.3 is 14.3 Å². The summed E-state index contributed by atoms with van der Waals surface area (Å²) in [6, 6.07) is 6.48. The van der Waals surface area contributed by atoms with Crippen molar-refractivity contribution in [1.82, 2.24) is 0 Å². The van der Waals surface area contributed by atoms with Crippen LogP contribution in [-0.2, 0) is 10.8 Å². The molecule has 3 nitrogen and oxygen atoms in total. The highest BCUT2D eigenvalue weighted by Gasteiger charge is 2.55. The van der Waals surface area contributed by atoms with Gasteiger partial charge in [0.15, 0.2) is 8.32 Å². The first-order valence-corrected chi connectivity index (χ1v) is 15.2. The van der Waals surface area contributed by atoms with Crippen molar-refractivity contribution in [3.05, 3.63) is 47.6 Å². The molecule has 1 saturated carbocycles. The lowest BCUT2D eigenvalue weighted by molar-refractivity contribution is 0.0405. The third-order valence-electron chi connectivity index (χ3n) is 9.26. The van der Waals surface area contributed by atoms with Crippen molar-refractivity contribution in [2.75, 3.05) is 7.11 Å². The molecule has 0 heterocycles. The summed E-state index contributed by atoms with van der Waals surface area (Å²) in [5.74, 6) is 1.46. The largest absolute Gasteiger partial charge is 0.497 e. The monoisotopic (exact) mass is 454 g/mol. The molecule has 0 saturated heterocycles. The third-order valence-corrected chi connectivity index (χ3v) is 13.7. The van der Waals surface area contributed by atoms with E-state index < -0.39 is 14.4 Å². The second-order valence-corrected chi connectivity index (χ2v) is 16.8. The minimum atomic E-state index is -1.85. The molecule has 3 aliphatic carbocycles. The molecule has 3 aliphatic rings. The molecule has 0 aromatic heterocycles. The summed E-state index contributed by atoms with van der Waals surface area (Å²) >= 11 is 0. The van der Waals surface area contributed by atoms with E-state index in [4.69, 9.17) is 9.16 Å². The fourth-order valence-electron chi connectivity index (χ4n) is 6.27. The topological polar surface area (TPSA) is 38.7 Å². The maximum atomic E-state index is 11.0. The van der Waals surface area contributed by atoms with E-state index in [-0.39, 0.29) is 16.4 Å². The van der Waals surface area contributed by atoms with E-state index in [9.17, 15) is 5.11 Å². The summed E-state index contributed by atoms with van der Waals surface area (Å²) in [5, 5.41) is 11.2. The Hall–Kier alpha value is -1.36. The number of rotatable bonds is 5. The van der Waals surface area contributed by atoms with Crippen LogP contribution in [0.4, 0.5) is 0 Å². The predicted molar refractivity (Wildman–Crippen MR) is 135 cm³/mol. The minimum Gasteiger partial charge on any atom is -0.497 e. The van der Waals surface area contributed by atoms with Gasteiger partial charge in [-0.25, -0.2) is 0 Å². The fraction of sp³-hybridized carbons (Fsp3) is 0.643. The molecule has 1 N–H and O–H groups in total. The van der Waals surface area contributed by atoms with Crippen LogP contribution in [0.5, 0.6) is 5.75 Å². The highest BCUT2D eigenvalue weighted by molar-refractivity contribution is 6.74. The molecule has 176 valence electrons. The van der Waals surface area contributed by atoms with Gasteiger partial charge in [0.2, 0.25) is 0 Å². The van der Waals surface area contributed by atoms with Gasteiger partial charge in [-0.2, -0.15) is 0 Å². The Morgan fingerprint density at radius 2 is 1.97 bits per heavy atom. The average molecular weight is 455 g/mol. The number of hydrogen-bond donors (Lipinski definition) is 1. The number of aliphatic hydroxyl groups is 1. The number of ether oxygens (including phenoxy) is 1. The normalized spacial score (nSPS) is 30.9. The van der Waals surface area contributed by atoms with Crippen LogP contribution in [0.25, 0.3) is 5.57 Å². The van der Waals surface area contributed by atoms with E-state index >= 15 is 0 Å². The average Bonchev–Trinajstić information content (AvgIpc) is 3.06. The molecular weight excluding hydrogens is 412 g/mol. The fourth-order valence-corrected chi connectivity index (χ4v) is 7.72. The molecular formula is C28H42O3Si. The van der Waals surface area contributed by atoms with Crippen molar-refractivity contribution in [3.8, 4) is 5.75 Å². The van der Waals surface area contributed by atoms with Gasteiger partial charge >= 0.3 is 0 Å². The lowest BCUT2D eigenvalue weighted by Gasteiger charge is -2.49. The number of aliphatic hydroxyl groups excluding tert-OH is 1. The van der Waals surface area contributed by atoms with Crippen LogP contribution in [0.3, 0.4) is 0 Å². The van der Waals surface area contributed by atoms with E-state index in [0.717, 1.165) is 37.9 Å². The summed E-state index contributed by atoms with van der Waals surface area (Å²) < 4.78 is 12.6. The summed E-state index contributed by atoms with van der Waals surface area (Å²) in [4.78, 5) is 0. The molecule has 0 amide bonds. The molecule has 1 aromatic rings. The number of hydrogen-bond acceptors (Lipinski definition) is 3. The molecule has 1 unspecified atom stereocenters. The van der Waals surface area contributed by atoms with Crippen molar-refractivity contribution in [3.63, 3.8) is 0 Å². The van der Waals surface area contributed by atoms with Gasteiger partial charge in [0.25, 0.3) is 0 Å². The Bertz CT molecular complexity index is 925. The number of fused-ring (bicyclic) bond motifs is 4. The first-order chi connectivity index (χ1) is 14.9. The molecule has 0 radical (unpaired) electrons. The van der Waals surface area contributed by atoms with E-state index in [1.165, 1.54) is 22.3 Å². The quantitative estimate of drug-likeness (QED) is 0.394. The first-order valence-electron chi connectivity index (χ1n) is 12.3. The highest BCUT2D eigenvalue weighted by atomic mass is 28.4. The molecule has 1 fully saturated rings. The van der Waals surface area contributed by atoms with E-state index in [1.807, 2.05) is 0 Å². The standard InChI is InChI=1S/C28H42O3Si/c1-9-24(29)22-17-18-16-19(30-6)10-11-20(18)21-14-15-28(5)23(26(21)22)12-13-25(28)31-32(7,8)27(2,3)4/h9-11,16,22-25,29H,1,12-15,17H2,2-8H3/t22-,23-,24?,25-,28-/m0/s1. The Kier molecular flexibility index (Phi) is 6.05.